The zero-order chi connectivity index (χ0) is 22.0. The van der Waals surface area contributed by atoms with Crippen molar-refractivity contribution in [3.63, 3.8) is 0 Å². The predicted octanol–water partition coefficient (Wildman–Crippen LogP) is 4.71. The van der Waals surface area contributed by atoms with Crippen LogP contribution in [0.1, 0.15) is 43.3 Å². The smallest absolute Gasteiger partial charge is 0.233 e. The highest BCUT2D eigenvalue weighted by Crippen LogP contribution is 2.29. The lowest BCUT2D eigenvalue weighted by atomic mass is 10.0. The van der Waals surface area contributed by atoms with Gasteiger partial charge in [0.05, 0.1) is 27.7 Å². The number of hydrogen-bond acceptors (Lipinski definition) is 7. The Morgan fingerprint density at radius 3 is 2.58 bits per heavy atom. The van der Waals surface area contributed by atoms with Crippen molar-refractivity contribution >= 4 is 39.2 Å². The second-order valence-corrected chi connectivity index (χ2v) is 9.61. The van der Waals surface area contributed by atoms with Gasteiger partial charge in [-0.25, -0.2) is 4.98 Å². The highest BCUT2D eigenvalue weighted by Gasteiger charge is 2.22. The third-order valence-electron chi connectivity index (χ3n) is 5.21. The molecule has 0 radical (unpaired) electrons. The first kappa shape index (κ1) is 21.5. The Morgan fingerprint density at radius 1 is 1.13 bits per heavy atom. The normalized spacial score (nSPS) is 12.4. The minimum absolute atomic E-state index is 0.00135. The second kappa shape index (κ2) is 9.15. The van der Waals surface area contributed by atoms with Gasteiger partial charge in [0.25, 0.3) is 0 Å². The fraction of sp³-hybridized carbons (Fsp3) is 0.318. The highest BCUT2D eigenvalue weighted by molar-refractivity contribution is 7.99. The van der Waals surface area contributed by atoms with Gasteiger partial charge in [-0.1, -0.05) is 49.9 Å². The Bertz CT molecular complexity index is 1150. The third kappa shape index (κ3) is 4.62. The van der Waals surface area contributed by atoms with Gasteiger partial charge in [0, 0.05) is 7.05 Å². The van der Waals surface area contributed by atoms with E-state index in [1.807, 2.05) is 44.3 Å². The summed E-state index contributed by atoms with van der Waals surface area (Å²) in [6, 6.07) is 16.1. The minimum atomic E-state index is -0.106. The molecule has 160 valence electrons. The Labute approximate surface area is 189 Å². The van der Waals surface area contributed by atoms with Crippen molar-refractivity contribution in [2.75, 3.05) is 12.8 Å². The van der Waals surface area contributed by atoms with E-state index in [0.717, 1.165) is 20.9 Å². The minimum Gasteiger partial charge on any atom is -0.336 e. The van der Waals surface area contributed by atoms with Crippen LogP contribution in [0.5, 0.6) is 0 Å². The molecule has 0 unspecified atom stereocenters. The van der Waals surface area contributed by atoms with Crippen molar-refractivity contribution in [3.05, 3.63) is 59.1 Å². The number of thioether (sulfide) groups is 1. The maximum Gasteiger partial charge on any atom is 0.233 e. The number of aromatic nitrogens is 5. The molecule has 0 saturated heterocycles. The van der Waals surface area contributed by atoms with Gasteiger partial charge in [-0.05, 0) is 53.1 Å². The third-order valence-corrected chi connectivity index (χ3v) is 7.32. The zero-order valence-corrected chi connectivity index (χ0v) is 19.5. The molecule has 2 heterocycles. The molecule has 1 amide bonds. The number of hydrogen-bond donors (Lipinski definition) is 0. The molecule has 0 saturated carbocycles. The van der Waals surface area contributed by atoms with Crippen LogP contribution in [0, 0.1) is 0 Å². The van der Waals surface area contributed by atoms with Crippen LogP contribution in [0.4, 0.5) is 0 Å². The maximum absolute atomic E-state index is 12.8. The number of carbonyl (C=O) groups excluding carboxylic acids is 1. The highest BCUT2D eigenvalue weighted by atomic mass is 32.2. The summed E-state index contributed by atoms with van der Waals surface area (Å²) in [6.07, 6.45) is 0. The lowest BCUT2D eigenvalue weighted by molar-refractivity contribution is -0.128. The molecule has 1 atom stereocenters. The van der Waals surface area contributed by atoms with Gasteiger partial charge < -0.3 is 4.90 Å². The van der Waals surface area contributed by atoms with E-state index in [2.05, 4.69) is 52.6 Å². The van der Waals surface area contributed by atoms with Crippen molar-refractivity contribution < 1.29 is 4.79 Å². The van der Waals surface area contributed by atoms with Gasteiger partial charge in [0.2, 0.25) is 11.1 Å². The van der Waals surface area contributed by atoms with E-state index in [0.29, 0.717) is 11.1 Å². The molecule has 31 heavy (non-hydrogen) atoms. The molecule has 7 nitrogen and oxygen atoms in total. The summed E-state index contributed by atoms with van der Waals surface area (Å²) in [5.41, 5.74) is 3.10. The first-order valence-corrected chi connectivity index (χ1v) is 11.9. The number of para-hydroxylation sites is 1. The number of thiazole rings is 1. The lowest BCUT2D eigenvalue weighted by Gasteiger charge is -2.23. The molecule has 4 aromatic rings. The van der Waals surface area contributed by atoms with Gasteiger partial charge in [-0.15, -0.1) is 16.4 Å². The van der Waals surface area contributed by atoms with Crippen LogP contribution in [0.15, 0.2) is 53.7 Å². The van der Waals surface area contributed by atoms with Crippen LogP contribution < -0.4 is 0 Å². The maximum atomic E-state index is 12.8. The van der Waals surface area contributed by atoms with E-state index in [9.17, 15) is 4.79 Å². The van der Waals surface area contributed by atoms with Crippen LogP contribution in [0.2, 0.25) is 0 Å². The van der Waals surface area contributed by atoms with E-state index < -0.39 is 0 Å². The van der Waals surface area contributed by atoms with Crippen LogP contribution in [-0.4, -0.2) is 48.8 Å². The monoisotopic (exact) mass is 452 g/mol. The number of tetrazole rings is 1. The molecule has 9 heteroatoms. The number of rotatable bonds is 7. The van der Waals surface area contributed by atoms with Gasteiger partial charge in [0.15, 0.2) is 0 Å². The molecule has 2 aromatic carbocycles. The number of nitrogens with zero attached hydrogens (tertiary/aromatic N) is 6. The largest absolute Gasteiger partial charge is 0.336 e. The quantitative estimate of drug-likeness (QED) is 0.378. The van der Waals surface area contributed by atoms with Crippen molar-refractivity contribution in [3.8, 4) is 5.69 Å². The molecule has 0 N–H and O–H groups in total. The van der Waals surface area contributed by atoms with Crippen LogP contribution in [0.3, 0.4) is 0 Å². The molecule has 2 aromatic heterocycles. The van der Waals surface area contributed by atoms with Crippen LogP contribution >= 0.6 is 23.1 Å². The van der Waals surface area contributed by atoms with Crippen LogP contribution in [0.25, 0.3) is 15.9 Å². The van der Waals surface area contributed by atoms with E-state index in [4.69, 9.17) is 0 Å². The van der Waals surface area contributed by atoms with Crippen molar-refractivity contribution in [2.24, 2.45) is 0 Å². The zero-order valence-electron chi connectivity index (χ0n) is 17.9. The summed E-state index contributed by atoms with van der Waals surface area (Å²) in [5.74, 6) is 0.708. The predicted molar refractivity (Wildman–Crippen MR) is 125 cm³/mol. The summed E-state index contributed by atoms with van der Waals surface area (Å²) in [5, 5.41) is 13.5. The van der Waals surface area contributed by atoms with Gasteiger partial charge in [-0.2, -0.15) is 4.68 Å². The molecule has 0 aliphatic rings. The lowest BCUT2D eigenvalue weighted by Crippen LogP contribution is -2.31. The number of fused-ring (bicyclic) bond motifs is 1. The number of carbonyl (C=O) groups is 1. The molecule has 0 aliphatic heterocycles. The first-order chi connectivity index (χ1) is 14.9. The Morgan fingerprint density at radius 2 is 1.87 bits per heavy atom. The number of benzene rings is 2. The molecule has 0 spiro atoms. The fourth-order valence-corrected chi connectivity index (χ4v) is 4.99. The van der Waals surface area contributed by atoms with E-state index in [1.165, 1.54) is 17.3 Å². The Balaban J connectivity index is 1.42. The van der Waals surface area contributed by atoms with Crippen molar-refractivity contribution in [2.45, 2.75) is 37.9 Å². The average molecular weight is 453 g/mol. The molecule has 0 aliphatic carbocycles. The summed E-state index contributed by atoms with van der Waals surface area (Å²) < 4.78 is 2.79. The average Bonchev–Trinajstić information content (AvgIpc) is 3.43. The standard InChI is InChI=1S/C22H24N6OS2/c1-14(2)16-9-11-17(12-10-16)28-22(24-25-26-28)30-13-20(29)27(4)15(3)21-23-18-7-5-6-8-19(18)31-21/h5-12,14-15H,13H2,1-4H3/t15-/m0/s1. The first-order valence-electron chi connectivity index (χ1n) is 10.1. The summed E-state index contributed by atoms with van der Waals surface area (Å²) in [7, 11) is 1.81. The molecule has 0 bridgehead atoms. The molecular formula is C22H24N6OS2. The Hall–Kier alpha value is -2.78. The molecule has 4 rings (SSSR count). The Kier molecular flexibility index (Phi) is 6.33. The summed E-state index contributed by atoms with van der Waals surface area (Å²) in [6.45, 7) is 6.32. The fourth-order valence-electron chi connectivity index (χ4n) is 3.11. The second-order valence-electron chi connectivity index (χ2n) is 7.61. The summed E-state index contributed by atoms with van der Waals surface area (Å²) in [4.78, 5) is 19.3. The summed E-state index contributed by atoms with van der Waals surface area (Å²) >= 11 is 2.95. The van der Waals surface area contributed by atoms with Gasteiger partial charge in [-0.3, -0.25) is 4.79 Å². The molecule has 0 fully saturated rings. The van der Waals surface area contributed by atoms with Gasteiger partial charge in [0.1, 0.15) is 5.01 Å². The SMILES string of the molecule is CC(C)c1ccc(-n2nnnc2SCC(=O)N(C)[C@@H](C)c2nc3ccccc3s2)cc1. The van der Waals surface area contributed by atoms with E-state index >= 15 is 0 Å². The van der Waals surface area contributed by atoms with Crippen LogP contribution in [-0.2, 0) is 4.79 Å². The van der Waals surface area contributed by atoms with Crippen molar-refractivity contribution in [1.82, 2.24) is 30.1 Å². The van der Waals surface area contributed by atoms with E-state index in [1.54, 1.807) is 20.9 Å². The van der Waals surface area contributed by atoms with E-state index in [-0.39, 0.29) is 17.7 Å². The number of amides is 1. The topological polar surface area (TPSA) is 76.8 Å². The van der Waals surface area contributed by atoms with Gasteiger partial charge >= 0.3 is 0 Å². The molecular weight excluding hydrogens is 428 g/mol. The van der Waals surface area contributed by atoms with Crippen molar-refractivity contribution in [1.29, 1.82) is 0 Å².